The zero-order chi connectivity index (χ0) is 9.40. The van der Waals surface area contributed by atoms with Gasteiger partial charge in [0.2, 0.25) is 0 Å². The molecule has 0 radical (unpaired) electrons. The van der Waals surface area contributed by atoms with Crippen molar-refractivity contribution >= 4 is 6.03 Å². The van der Waals surface area contributed by atoms with Crippen molar-refractivity contribution in [1.82, 2.24) is 10.6 Å². The number of amides is 2. The highest BCUT2D eigenvalue weighted by molar-refractivity contribution is 5.73. The summed E-state index contributed by atoms with van der Waals surface area (Å²) < 4.78 is 0. The minimum atomic E-state index is -0.135. The maximum Gasteiger partial charge on any atom is 0.314 e. The first kappa shape index (κ1) is 11.2. The van der Waals surface area contributed by atoms with Crippen molar-refractivity contribution in [2.24, 2.45) is 5.73 Å². The molecule has 0 saturated carbocycles. The van der Waals surface area contributed by atoms with Crippen molar-refractivity contribution in [3.8, 4) is 0 Å². The fourth-order valence-electron chi connectivity index (χ4n) is 0.920. The lowest BCUT2D eigenvalue weighted by Crippen LogP contribution is -2.42. The van der Waals surface area contributed by atoms with Crippen LogP contribution in [0.3, 0.4) is 0 Å². The lowest BCUT2D eigenvalue weighted by atomic mass is 10.2. The number of hydrogen-bond acceptors (Lipinski definition) is 2. The number of carbonyl (C=O) groups excluding carboxylic acids is 1. The molecule has 1 atom stereocenters. The van der Waals surface area contributed by atoms with Gasteiger partial charge in [-0.3, -0.25) is 0 Å². The van der Waals surface area contributed by atoms with E-state index in [4.69, 9.17) is 5.73 Å². The van der Waals surface area contributed by atoms with Crippen LogP contribution in [0.2, 0.25) is 0 Å². The third-order valence-electron chi connectivity index (χ3n) is 1.52. The van der Waals surface area contributed by atoms with Crippen LogP contribution >= 0.6 is 0 Å². The van der Waals surface area contributed by atoms with E-state index in [1.54, 1.807) is 0 Å². The van der Waals surface area contributed by atoms with Gasteiger partial charge >= 0.3 is 6.03 Å². The Kier molecular flexibility index (Phi) is 6.47. The van der Waals surface area contributed by atoms with Crippen molar-refractivity contribution < 1.29 is 4.79 Å². The Balaban J connectivity index is 3.33. The van der Waals surface area contributed by atoms with Crippen molar-refractivity contribution in [3.05, 3.63) is 0 Å². The third-order valence-corrected chi connectivity index (χ3v) is 1.52. The molecule has 1 unspecified atom stereocenters. The van der Waals surface area contributed by atoms with E-state index >= 15 is 0 Å². The topological polar surface area (TPSA) is 67.1 Å². The molecule has 2 amide bonds. The van der Waals surface area contributed by atoms with Gasteiger partial charge in [0, 0.05) is 19.1 Å². The van der Waals surface area contributed by atoms with E-state index in [9.17, 15) is 4.79 Å². The molecule has 72 valence electrons. The van der Waals surface area contributed by atoms with Crippen LogP contribution in [0.5, 0.6) is 0 Å². The summed E-state index contributed by atoms with van der Waals surface area (Å²) in [5.74, 6) is 0. The third kappa shape index (κ3) is 5.97. The molecule has 12 heavy (non-hydrogen) atoms. The number of hydrogen-bond donors (Lipinski definition) is 3. The monoisotopic (exact) mass is 173 g/mol. The predicted molar refractivity (Wildman–Crippen MR) is 50.0 cm³/mol. The summed E-state index contributed by atoms with van der Waals surface area (Å²) >= 11 is 0. The first-order valence-electron chi connectivity index (χ1n) is 4.48. The second kappa shape index (κ2) is 6.91. The van der Waals surface area contributed by atoms with Crippen molar-refractivity contribution in [3.63, 3.8) is 0 Å². The standard InChI is InChI=1S/C8H19N3O/c1-3-5-7(9)6-11-8(12)10-4-2/h7H,3-6,9H2,1-2H3,(H2,10,11,12). The average molecular weight is 173 g/mol. The molecule has 0 rings (SSSR count). The Morgan fingerprint density at radius 1 is 1.42 bits per heavy atom. The molecule has 0 aliphatic heterocycles. The molecular formula is C8H19N3O. The number of urea groups is 1. The number of nitrogens with one attached hydrogen (secondary N) is 2. The smallest absolute Gasteiger partial charge is 0.314 e. The molecule has 4 nitrogen and oxygen atoms in total. The second-order valence-corrected chi connectivity index (χ2v) is 2.79. The van der Waals surface area contributed by atoms with Crippen LogP contribution in [-0.2, 0) is 0 Å². The fourth-order valence-corrected chi connectivity index (χ4v) is 0.920. The molecule has 0 aromatic heterocycles. The normalized spacial score (nSPS) is 12.2. The van der Waals surface area contributed by atoms with E-state index in [0.29, 0.717) is 13.1 Å². The maximum atomic E-state index is 10.9. The Morgan fingerprint density at radius 2 is 2.08 bits per heavy atom. The molecule has 0 aliphatic rings. The molecule has 4 heteroatoms. The van der Waals surface area contributed by atoms with Gasteiger partial charge in [0.15, 0.2) is 0 Å². The largest absolute Gasteiger partial charge is 0.338 e. The van der Waals surface area contributed by atoms with E-state index in [2.05, 4.69) is 17.6 Å². The summed E-state index contributed by atoms with van der Waals surface area (Å²) in [5.41, 5.74) is 5.69. The van der Waals surface area contributed by atoms with Crippen LogP contribution < -0.4 is 16.4 Å². The summed E-state index contributed by atoms with van der Waals surface area (Å²) in [6.07, 6.45) is 2.00. The average Bonchev–Trinajstić information content (AvgIpc) is 2.02. The van der Waals surface area contributed by atoms with Gasteiger partial charge in [0.1, 0.15) is 0 Å². The van der Waals surface area contributed by atoms with Crippen molar-refractivity contribution in [1.29, 1.82) is 0 Å². The van der Waals surface area contributed by atoms with E-state index in [-0.39, 0.29) is 12.1 Å². The van der Waals surface area contributed by atoms with Crippen molar-refractivity contribution in [2.45, 2.75) is 32.7 Å². The Morgan fingerprint density at radius 3 is 2.58 bits per heavy atom. The van der Waals surface area contributed by atoms with Gasteiger partial charge in [-0.25, -0.2) is 4.79 Å². The van der Waals surface area contributed by atoms with E-state index < -0.39 is 0 Å². The summed E-state index contributed by atoms with van der Waals surface area (Å²) in [6.45, 7) is 5.16. The molecule has 0 bridgehead atoms. The van der Waals surface area contributed by atoms with Crippen LogP contribution in [0.4, 0.5) is 4.79 Å². The minimum absolute atomic E-state index is 0.0811. The van der Waals surface area contributed by atoms with Crippen LogP contribution in [0.25, 0.3) is 0 Å². The van der Waals surface area contributed by atoms with Crippen LogP contribution in [0, 0.1) is 0 Å². The van der Waals surface area contributed by atoms with Gasteiger partial charge in [-0.05, 0) is 13.3 Å². The zero-order valence-corrected chi connectivity index (χ0v) is 7.89. The van der Waals surface area contributed by atoms with Crippen LogP contribution in [-0.4, -0.2) is 25.2 Å². The first-order valence-corrected chi connectivity index (χ1v) is 4.48. The van der Waals surface area contributed by atoms with Gasteiger partial charge in [0.05, 0.1) is 0 Å². The minimum Gasteiger partial charge on any atom is -0.338 e. The molecule has 0 aromatic rings. The molecule has 0 heterocycles. The van der Waals surface area contributed by atoms with E-state index in [1.807, 2.05) is 6.92 Å². The van der Waals surface area contributed by atoms with Gasteiger partial charge in [-0.1, -0.05) is 13.3 Å². The zero-order valence-electron chi connectivity index (χ0n) is 7.89. The molecule has 4 N–H and O–H groups in total. The van der Waals surface area contributed by atoms with Gasteiger partial charge < -0.3 is 16.4 Å². The Hall–Kier alpha value is -0.770. The highest BCUT2D eigenvalue weighted by atomic mass is 16.2. The highest BCUT2D eigenvalue weighted by Crippen LogP contribution is 1.90. The molecule has 0 spiro atoms. The molecule has 0 aliphatic carbocycles. The lowest BCUT2D eigenvalue weighted by Gasteiger charge is -2.11. The van der Waals surface area contributed by atoms with Crippen molar-refractivity contribution in [2.75, 3.05) is 13.1 Å². The summed E-state index contributed by atoms with van der Waals surface area (Å²) in [6, 6.07) is -0.0540. The molecule has 0 saturated heterocycles. The SMILES string of the molecule is CCCC(N)CNC(=O)NCC. The molecular weight excluding hydrogens is 154 g/mol. The number of carbonyl (C=O) groups is 1. The van der Waals surface area contributed by atoms with Gasteiger partial charge in [0.25, 0.3) is 0 Å². The molecule has 0 aromatic carbocycles. The predicted octanol–water partition coefficient (Wildman–Crippen LogP) is 0.433. The maximum absolute atomic E-state index is 10.9. The molecule has 0 fully saturated rings. The number of rotatable bonds is 5. The second-order valence-electron chi connectivity index (χ2n) is 2.79. The van der Waals surface area contributed by atoms with E-state index in [1.165, 1.54) is 0 Å². The van der Waals surface area contributed by atoms with E-state index in [0.717, 1.165) is 12.8 Å². The first-order chi connectivity index (χ1) is 5.70. The summed E-state index contributed by atoms with van der Waals surface area (Å²) in [7, 11) is 0. The highest BCUT2D eigenvalue weighted by Gasteiger charge is 2.02. The summed E-state index contributed by atoms with van der Waals surface area (Å²) in [5, 5.41) is 5.33. The van der Waals surface area contributed by atoms with Gasteiger partial charge in [-0.2, -0.15) is 0 Å². The fraction of sp³-hybridized carbons (Fsp3) is 0.875. The van der Waals surface area contributed by atoms with Crippen LogP contribution in [0.15, 0.2) is 0 Å². The lowest BCUT2D eigenvalue weighted by molar-refractivity contribution is 0.240. The quantitative estimate of drug-likeness (QED) is 0.564. The Bertz CT molecular complexity index is 127. The summed E-state index contributed by atoms with van der Waals surface area (Å²) in [4.78, 5) is 10.9. The van der Waals surface area contributed by atoms with Crippen LogP contribution in [0.1, 0.15) is 26.7 Å². The number of nitrogens with two attached hydrogens (primary N) is 1. The van der Waals surface area contributed by atoms with Gasteiger partial charge in [-0.15, -0.1) is 0 Å². The Labute approximate surface area is 73.9 Å².